The monoisotopic (exact) mass is 797 g/mol. The second-order valence-electron chi connectivity index (χ2n) is 18.1. The van der Waals surface area contributed by atoms with Gasteiger partial charge in [-0.2, -0.15) is 10.5 Å². The number of nitriles is 2. The number of unbranched alkanes of at least 4 members (excludes halogenated alkanes) is 12. The zero-order chi connectivity index (χ0) is 42.0. The Morgan fingerprint density at radius 3 is 1.08 bits per heavy atom. The number of nitrogens with zero attached hydrogens (tertiary/aromatic N) is 4. The summed E-state index contributed by atoms with van der Waals surface area (Å²) >= 11 is 0. The van der Waals surface area contributed by atoms with Crippen molar-refractivity contribution in [3.63, 3.8) is 0 Å². The molecule has 0 bridgehead atoms. The van der Waals surface area contributed by atoms with Crippen LogP contribution in [0, 0.1) is 22.7 Å². The molecule has 2 atom stereocenters. The normalized spacial score (nSPS) is 17.8. The van der Waals surface area contributed by atoms with Gasteiger partial charge in [-0.1, -0.05) is 203 Å². The highest BCUT2D eigenvalue weighted by Gasteiger charge is 2.44. The lowest BCUT2D eigenvalue weighted by Gasteiger charge is -2.34. The van der Waals surface area contributed by atoms with Crippen molar-refractivity contribution in [3.8, 4) is 34.4 Å². The second kappa shape index (κ2) is 20.2. The van der Waals surface area contributed by atoms with Crippen molar-refractivity contribution in [2.24, 2.45) is 9.98 Å². The van der Waals surface area contributed by atoms with Crippen molar-refractivity contribution in [2.75, 3.05) is 0 Å². The van der Waals surface area contributed by atoms with Gasteiger partial charge in [-0.25, -0.2) is 0 Å². The molecule has 2 aliphatic carbocycles. The highest BCUT2D eigenvalue weighted by atomic mass is 15.0. The maximum atomic E-state index is 10.4. The highest BCUT2D eigenvalue weighted by molar-refractivity contribution is 6.54. The van der Waals surface area contributed by atoms with E-state index in [9.17, 15) is 10.5 Å². The van der Waals surface area contributed by atoms with Crippen LogP contribution in [0.2, 0.25) is 0 Å². The highest BCUT2D eigenvalue weighted by Crippen LogP contribution is 2.56. The lowest BCUT2D eigenvalue weighted by atomic mass is 9.70. The van der Waals surface area contributed by atoms with Crippen molar-refractivity contribution in [1.82, 2.24) is 0 Å². The van der Waals surface area contributed by atoms with Gasteiger partial charge in [0, 0.05) is 22.0 Å². The Hall–Kier alpha value is -4.80. The van der Waals surface area contributed by atoms with Crippen LogP contribution in [-0.4, -0.2) is 23.5 Å². The van der Waals surface area contributed by atoms with Crippen LogP contribution in [0.25, 0.3) is 22.3 Å². The lowest BCUT2D eigenvalue weighted by molar-refractivity contribution is 0.401. The molecular weight excluding hydrogens is 729 g/mol. The van der Waals surface area contributed by atoms with Crippen LogP contribution in [0.1, 0.15) is 189 Å². The summed E-state index contributed by atoms with van der Waals surface area (Å²) in [4.78, 5) is 10.4. The maximum Gasteiger partial charge on any atom is 0.172 e. The minimum absolute atomic E-state index is 0.0751. The molecule has 3 aliphatic rings. The first kappa shape index (κ1) is 43.3. The molecule has 0 saturated heterocycles. The van der Waals surface area contributed by atoms with E-state index in [2.05, 4.69) is 125 Å². The molecule has 4 nitrogen and oxygen atoms in total. The number of aliphatic imine (C=N–C) groups is 2. The number of hydrogen-bond donors (Lipinski definition) is 0. The summed E-state index contributed by atoms with van der Waals surface area (Å²) < 4.78 is 0. The lowest BCUT2D eigenvalue weighted by Crippen LogP contribution is -2.33. The Balaban J connectivity index is 1.36. The van der Waals surface area contributed by atoms with Gasteiger partial charge in [-0.15, -0.1) is 0 Å². The van der Waals surface area contributed by atoms with Crippen molar-refractivity contribution in [3.05, 3.63) is 118 Å². The molecule has 60 heavy (non-hydrogen) atoms. The Morgan fingerprint density at radius 2 is 0.750 bits per heavy atom. The van der Waals surface area contributed by atoms with Crippen LogP contribution >= 0.6 is 0 Å². The minimum atomic E-state index is -0.859. The van der Waals surface area contributed by atoms with Crippen LogP contribution in [0.5, 0.6) is 0 Å². The van der Waals surface area contributed by atoms with Crippen molar-refractivity contribution in [2.45, 2.75) is 179 Å². The van der Waals surface area contributed by atoms with E-state index < -0.39 is 12.1 Å². The number of rotatable bonds is 22. The third-order valence-corrected chi connectivity index (χ3v) is 14.2. The fraction of sp³-hybridized carbons (Fsp3) is 0.500. The predicted octanol–water partition coefficient (Wildman–Crippen LogP) is 15.2. The Labute approximate surface area is 362 Å². The summed E-state index contributed by atoms with van der Waals surface area (Å²) in [5, 5.41) is 20.8. The summed E-state index contributed by atoms with van der Waals surface area (Å²) in [6.07, 6.45) is 24.2. The third kappa shape index (κ3) is 8.42. The first-order valence-electron chi connectivity index (χ1n) is 23.9. The zero-order valence-electron chi connectivity index (χ0n) is 37.2. The van der Waals surface area contributed by atoms with Gasteiger partial charge in [-0.3, -0.25) is 9.98 Å². The molecule has 4 heteroatoms. The minimum Gasteiger partial charge on any atom is -0.260 e. The smallest absolute Gasteiger partial charge is 0.172 e. The molecule has 2 unspecified atom stereocenters. The molecule has 0 aromatic heterocycles. The van der Waals surface area contributed by atoms with Gasteiger partial charge in [0.05, 0.1) is 23.6 Å². The van der Waals surface area contributed by atoms with E-state index in [4.69, 9.17) is 9.98 Å². The summed E-state index contributed by atoms with van der Waals surface area (Å²) in [7, 11) is 0. The van der Waals surface area contributed by atoms with E-state index in [1.54, 1.807) is 0 Å². The third-order valence-electron chi connectivity index (χ3n) is 14.2. The van der Waals surface area contributed by atoms with Crippen LogP contribution in [0.3, 0.4) is 0 Å². The standard InChI is InChI=1S/C56H68N4/c1-5-9-13-21-33-55(34-22-14-10-6-2)47-27-19-17-25-43(47)45-31-29-41(37-49(45)55)53-54(60-52(40-58)51(39-57)59-53)42-30-32-46-44-26-18-20-28-48(44)56(50(46)38-42,35-23-15-11-7-3)36-24-16-12-8-4/h17-20,25-32,37-38,51-52H,5-16,21-24,33-36H2,1-4H3. The molecule has 4 aromatic rings. The Morgan fingerprint density at radius 1 is 0.417 bits per heavy atom. The van der Waals surface area contributed by atoms with Gasteiger partial charge in [0.25, 0.3) is 0 Å². The molecule has 1 aliphatic heterocycles. The molecule has 0 fully saturated rings. The first-order chi connectivity index (χ1) is 29.5. The molecule has 1 heterocycles. The molecule has 7 rings (SSSR count). The van der Waals surface area contributed by atoms with E-state index in [1.807, 2.05) is 0 Å². The topological polar surface area (TPSA) is 72.3 Å². The van der Waals surface area contributed by atoms with E-state index in [0.717, 1.165) is 48.2 Å². The fourth-order valence-electron chi connectivity index (χ4n) is 11.1. The number of benzene rings is 4. The molecular formula is C56H68N4. The quantitative estimate of drug-likeness (QED) is 0.0743. The first-order valence-corrected chi connectivity index (χ1v) is 23.9. The van der Waals surface area contributed by atoms with Crippen LogP contribution in [0.15, 0.2) is 94.9 Å². The summed E-state index contributed by atoms with van der Waals surface area (Å²) in [6, 6.07) is 35.1. The van der Waals surface area contributed by atoms with E-state index in [1.165, 1.54) is 147 Å². The van der Waals surface area contributed by atoms with Crippen LogP contribution in [-0.2, 0) is 10.8 Å². The predicted molar refractivity (Wildman–Crippen MR) is 252 cm³/mol. The molecule has 4 aromatic carbocycles. The van der Waals surface area contributed by atoms with Crippen molar-refractivity contribution < 1.29 is 0 Å². The van der Waals surface area contributed by atoms with Gasteiger partial charge in [0.1, 0.15) is 0 Å². The van der Waals surface area contributed by atoms with E-state index >= 15 is 0 Å². The zero-order valence-corrected chi connectivity index (χ0v) is 37.2. The molecule has 0 amide bonds. The van der Waals surface area contributed by atoms with E-state index in [0.29, 0.717) is 0 Å². The van der Waals surface area contributed by atoms with Crippen molar-refractivity contribution >= 4 is 11.4 Å². The summed E-state index contributed by atoms with van der Waals surface area (Å²) in [5.41, 5.74) is 14.4. The average molecular weight is 797 g/mol. The van der Waals surface area contributed by atoms with E-state index in [-0.39, 0.29) is 10.8 Å². The number of fused-ring (bicyclic) bond motifs is 6. The van der Waals surface area contributed by atoms with Gasteiger partial charge in [-0.05, 0) is 82.3 Å². The second-order valence-corrected chi connectivity index (χ2v) is 18.1. The van der Waals surface area contributed by atoms with Crippen LogP contribution < -0.4 is 0 Å². The summed E-state index contributed by atoms with van der Waals surface area (Å²) in [5.74, 6) is 0. The molecule has 0 N–H and O–H groups in total. The molecule has 312 valence electrons. The summed E-state index contributed by atoms with van der Waals surface area (Å²) in [6.45, 7) is 9.18. The molecule has 0 radical (unpaired) electrons. The van der Waals surface area contributed by atoms with Gasteiger partial charge in [0.2, 0.25) is 0 Å². The maximum absolute atomic E-state index is 10.4. The van der Waals surface area contributed by atoms with Gasteiger partial charge in [0.15, 0.2) is 12.1 Å². The Kier molecular flexibility index (Phi) is 14.6. The van der Waals surface area contributed by atoms with Gasteiger partial charge < -0.3 is 0 Å². The average Bonchev–Trinajstić information content (AvgIpc) is 3.72. The largest absolute Gasteiger partial charge is 0.260 e. The Bertz CT molecular complexity index is 2060. The fourth-order valence-corrected chi connectivity index (χ4v) is 11.1. The SMILES string of the molecule is CCCCCCC1(CCCCCC)c2ccccc2-c2ccc(C3=NC(C#N)C(C#N)N=C3c3ccc4c(c3)C(CCCCCC)(CCCCCC)c3ccccc3-4)cc21. The number of hydrogen-bond acceptors (Lipinski definition) is 4. The molecule has 0 saturated carbocycles. The van der Waals surface area contributed by atoms with Crippen LogP contribution in [0.4, 0.5) is 0 Å². The molecule has 0 spiro atoms. The van der Waals surface area contributed by atoms with Crippen molar-refractivity contribution in [1.29, 1.82) is 10.5 Å². The van der Waals surface area contributed by atoms with Gasteiger partial charge >= 0.3 is 0 Å².